The molecule has 0 aliphatic carbocycles. The maximum atomic E-state index is 12.6. The Morgan fingerprint density at radius 3 is 2.26 bits per heavy atom. The summed E-state index contributed by atoms with van der Waals surface area (Å²) in [5.74, 6) is 0.218. The molecule has 3 amide bonds. The minimum atomic E-state index is -4.74. The highest BCUT2D eigenvalue weighted by Crippen LogP contribution is 2.32. The molecule has 2 unspecified atom stereocenters. The Balaban J connectivity index is 1.45. The molecule has 2 fully saturated rings. The van der Waals surface area contributed by atoms with Gasteiger partial charge in [-0.1, -0.05) is 12.1 Å². The summed E-state index contributed by atoms with van der Waals surface area (Å²) in [4.78, 5) is 28.6. The van der Waals surface area contributed by atoms with E-state index in [1.165, 1.54) is 36.5 Å². The van der Waals surface area contributed by atoms with Crippen molar-refractivity contribution in [2.45, 2.75) is 25.6 Å². The van der Waals surface area contributed by atoms with Crippen molar-refractivity contribution in [2.75, 3.05) is 32.7 Å². The highest BCUT2D eigenvalue weighted by atomic mass is 19.4. The highest BCUT2D eigenvalue weighted by Gasteiger charge is 2.37. The molecule has 2 saturated heterocycles. The molecule has 1 aromatic carbocycles. The van der Waals surface area contributed by atoms with Crippen LogP contribution in [-0.4, -0.2) is 60.8 Å². The normalized spacial score (nSPS) is 21.3. The molecule has 0 bridgehead atoms. The third-order valence-corrected chi connectivity index (χ3v) is 6.15. The van der Waals surface area contributed by atoms with Crippen molar-refractivity contribution >= 4 is 18.0 Å². The van der Waals surface area contributed by atoms with E-state index in [4.69, 9.17) is 11.5 Å². The number of hydrogen-bond acceptors (Lipinski definition) is 5. The first-order valence-electron chi connectivity index (χ1n) is 11.2. The van der Waals surface area contributed by atoms with E-state index < -0.39 is 6.36 Å². The quantitative estimate of drug-likeness (QED) is 0.541. The molecule has 2 aliphatic heterocycles. The van der Waals surface area contributed by atoms with E-state index in [9.17, 15) is 22.8 Å². The number of halogens is 3. The number of carbonyl (C=O) groups is 2. The maximum Gasteiger partial charge on any atom is 0.573 e. The first-order chi connectivity index (χ1) is 16.1. The van der Waals surface area contributed by atoms with Crippen LogP contribution in [0.2, 0.25) is 0 Å². The van der Waals surface area contributed by atoms with Gasteiger partial charge in [0.25, 0.3) is 0 Å². The van der Waals surface area contributed by atoms with Crippen LogP contribution in [0.4, 0.5) is 18.0 Å². The number of ether oxygens (including phenoxy) is 1. The first kappa shape index (κ1) is 25.3. The van der Waals surface area contributed by atoms with Crippen molar-refractivity contribution in [1.82, 2.24) is 15.1 Å². The zero-order valence-electron chi connectivity index (χ0n) is 18.8. The summed E-state index contributed by atoms with van der Waals surface area (Å²) in [6, 6.07) is 5.21. The monoisotopic (exact) mass is 481 g/mol. The highest BCUT2D eigenvalue weighted by molar-refractivity contribution is 5.91. The van der Waals surface area contributed by atoms with Gasteiger partial charge in [-0.05, 0) is 48.4 Å². The van der Waals surface area contributed by atoms with E-state index >= 15 is 0 Å². The summed E-state index contributed by atoms with van der Waals surface area (Å²) < 4.78 is 40.6. The van der Waals surface area contributed by atoms with Crippen molar-refractivity contribution in [1.29, 1.82) is 0 Å². The van der Waals surface area contributed by atoms with Gasteiger partial charge in [0.1, 0.15) is 5.75 Å². The lowest BCUT2D eigenvalue weighted by molar-refractivity contribution is -0.274. The molecule has 2 aliphatic rings. The number of nitrogens with two attached hydrogens (primary N) is 2. The average molecular weight is 482 g/mol. The van der Waals surface area contributed by atoms with Crippen molar-refractivity contribution in [3.05, 3.63) is 47.8 Å². The molecule has 0 aromatic heterocycles. The third-order valence-electron chi connectivity index (χ3n) is 6.15. The lowest BCUT2D eigenvalue weighted by Crippen LogP contribution is -2.40. The van der Waals surface area contributed by atoms with E-state index in [-0.39, 0.29) is 17.7 Å². The molecule has 1 aromatic rings. The molecule has 0 radical (unpaired) electrons. The largest absolute Gasteiger partial charge is 0.573 e. The molecule has 5 N–H and O–H groups in total. The van der Waals surface area contributed by atoms with Gasteiger partial charge in [-0.2, -0.15) is 0 Å². The molecule has 0 saturated carbocycles. The first-order valence-corrected chi connectivity index (χ1v) is 11.2. The number of nitrogens with zero attached hydrogens (tertiary/aromatic N) is 2. The second-order valence-electron chi connectivity index (χ2n) is 8.50. The van der Waals surface area contributed by atoms with Crippen molar-refractivity contribution in [3.63, 3.8) is 0 Å². The lowest BCUT2D eigenvalue weighted by Gasteiger charge is -2.21. The minimum absolute atomic E-state index is 0.111. The van der Waals surface area contributed by atoms with Crippen LogP contribution in [0.15, 0.2) is 42.2 Å². The summed E-state index contributed by atoms with van der Waals surface area (Å²) in [5.41, 5.74) is 12.1. The summed E-state index contributed by atoms with van der Waals surface area (Å²) in [7, 11) is 0. The molecule has 2 heterocycles. The average Bonchev–Trinajstić information content (AvgIpc) is 3.10. The Hall–Kier alpha value is -3.37. The van der Waals surface area contributed by atoms with Gasteiger partial charge < -0.3 is 31.3 Å². The summed E-state index contributed by atoms with van der Waals surface area (Å²) in [6.07, 6.45) is 1.70. The number of alkyl halides is 3. The Labute approximate surface area is 196 Å². The zero-order valence-corrected chi connectivity index (χ0v) is 18.8. The fraction of sp³-hybridized carbons (Fsp3) is 0.478. The number of likely N-dealkylation sites (tertiary alicyclic amines) is 2. The second kappa shape index (κ2) is 11.2. The number of hydrogen-bond donors (Lipinski definition) is 3. The van der Waals surface area contributed by atoms with Crippen LogP contribution >= 0.6 is 0 Å². The number of urea groups is 1. The molecule has 186 valence electrons. The number of benzene rings is 1. The molecule has 11 heteroatoms. The fourth-order valence-electron chi connectivity index (χ4n) is 4.30. The molecule has 34 heavy (non-hydrogen) atoms. The van der Waals surface area contributed by atoms with Crippen LogP contribution < -0.4 is 21.5 Å². The van der Waals surface area contributed by atoms with Gasteiger partial charge >= 0.3 is 12.4 Å². The van der Waals surface area contributed by atoms with E-state index in [1.54, 1.807) is 11.0 Å². The summed E-state index contributed by atoms with van der Waals surface area (Å²) in [5, 5.41) is 2.86. The van der Waals surface area contributed by atoms with Crippen LogP contribution in [0.1, 0.15) is 24.8 Å². The molecule has 2 atom stereocenters. The molecular formula is C23H30F3N5O3. The zero-order chi connectivity index (χ0) is 24.7. The molecule has 3 rings (SSSR count). The smallest absolute Gasteiger partial charge is 0.406 e. The Morgan fingerprint density at radius 1 is 1.09 bits per heavy atom. The second-order valence-corrected chi connectivity index (χ2v) is 8.50. The van der Waals surface area contributed by atoms with Gasteiger partial charge in [-0.15, -0.1) is 13.2 Å². The third kappa shape index (κ3) is 7.32. The lowest BCUT2D eigenvalue weighted by atomic mass is 9.92. The van der Waals surface area contributed by atoms with Crippen LogP contribution in [0.25, 0.3) is 6.08 Å². The Kier molecular flexibility index (Phi) is 8.30. The number of carbonyl (C=O) groups excluding carboxylic acids is 2. The molecular weight excluding hydrogens is 451 g/mol. The SMILES string of the molecule is N/C=C(\N)CCNC(=O)N1CC2CCN(C(=O)/C=C/c3ccc(OC(F)(F)F)cc3)CCC2C1. The van der Waals surface area contributed by atoms with Gasteiger partial charge in [0, 0.05) is 57.1 Å². The summed E-state index contributed by atoms with van der Waals surface area (Å²) >= 11 is 0. The Bertz CT molecular complexity index is 901. The van der Waals surface area contributed by atoms with Crippen molar-refractivity contribution in [2.24, 2.45) is 23.3 Å². The van der Waals surface area contributed by atoms with Crippen LogP contribution in [0.3, 0.4) is 0 Å². The van der Waals surface area contributed by atoms with E-state index in [0.717, 1.165) is 12.8 Å². The van der Waals surface area contributed by atoms with Gasteiger partial charge in [-0.3, -0.25) is 4.79 Å². The van der Waals surface area contributed by atoms with Crippen molar-refractivity contribution in [3.8, 4) is 5.75 Å². The van der Waals surface area contributed by atoms with E-state index in [2.05, 4.69) is 10.1 Å². The van der Waals surface area contributed by atoms with Gasteiger partial charge in [0.15, 0.2) is 0 Å². The van der Waals surface area contributed by atoms with Gasteiger partial charge in [0.2, 0.25) is 5.91 Å². The minimum Gasteiger partial charge on any atom is -0.406 e. The predicted octanol–water partition coefficient (Wildman–Crippen LogP) is 2.63. The van der Waals surface area contributed by atoms with Gasteiger partial charge in [0.05, 0.1) is 0 Å². The van der Waals surface area contributed by atoms with Crippen LogP contribution in [0.5, 0.6) is 5.75 Å². The topological polar surface area (TPSA) is 114 Å². The number of nitrogens with one attached hydrogen (secondary N) is 1. The number of rotatable bonds is 6. The van der Waals surface area contributed by atoms with E-state index in [1.807, 2.05) is 4.90 Å². The van der Waals surface area contributed by atoms with Crippen LogP contribution in [0, 0.1) is 11.8 Å². The molecule has 0 spiro atoms. The Morgan fingerprint density at radius 2 is 1.71 bits per heavy atom. The standard InChI is InChI=1S/C23H30F3N5O3/c24-23(25,26)34-20-4-1-16(2-5-20)3-6-21(32)30-11-8-17-14-31(15-18(17)9-12-30)22(33)29-10-7-19(28)13-27/h1-6,13,17-18H,7-12,14-15,27-28H2,(H,29,33)/b6-3+,19-13-. The summed E-state index contributed by atoms with van der Waals surface area (Å²) in [6.45, 7) is 2.93. The molecule has 8 nitrogen and oxygen atoms in total. The number of fused-ring (bicyclic) bond motifs is 1. The van der Waals surface area contributed by atoms with E-state index in [0.29, 0.717) is 62.2 Å². The van der Waals surface area contributed by atoms with Crippen molar-refractivity contribution < 1.29 is 27.5 Å². The maximum absolute atomic E-state index is 12.6. The number of amides is 3. The van der Waals surface area contributed by atoms with Gasteiger partial charge in [-0.25, -0.2) is 4.79 Å². The van der Waals surface area contributed by atoms with Crippen LogP contribution in [-0.2, 0) is 4.79 Å². The fourth-order valence-corrected chi connectivity index (χ4v) is 4.30. The predicted molar refractivity (Wildman–Crippen MR) is 121 cm³/mol.